The number of aromatic nitrogens is 3. The van der Waals surface area contributed by atoms with E-state index >= 15 is 0 Å². The fourth-order valence-corrected chi connectivity index (χ4v) is 3.31. The molecule has 0 saturated carbocycles. The first-order valence-electron chi connectivity index (χ1n) is 9.10. The Bertz CT molecular complexity index is 1420. The summed E-state index contributed by atoms with van der Waals surface area (Å²) in [5, 5.41) is 21.3. The van der Waals surface area contributed by atoms with Crippen LogP contribution in [-0.4, -0.2) is 43.2 Å². The average Bonchev–Trinajstić information content (AvgIpc) is 2.75. The van der Waals surface area contributed by atoms with Crippen LogP contribution in [0.3, 0.4) is 0 Å². The summed E-state index contributed by atoms with van der Waals surface area (Å²) in [5.74, 6) is -3.79. The van der Waals surface area contributed by atoms with Crippen LogP contribution in [0.4, 0.5) is 4.39 Å². The standard InChI is InChI=1S/C21H15FN4O5/c22-12-2-4-16-13(8-12)19(29)18(20(30)25-9-17(27)28)21(31)26(16)10-11-1-3-14-15(7-11)24-6-5-23-14/h1-8,29H,9-10H2,(H,25,30)(H,27,28). The summed E-state index contributed by atoms with van der Waals surface area (Å²) in [6.07, 6.45) is 3.08. The number of hydrogen-bond acceptors (Lipinski definition) is 6. The second-order valence-electron chi connectivity index (χ2n) is 6.73. The Balaban J connectivity index is 1.89. The van der Waals surface area contributed by atoms with Crippen LogP contribution in [-0.2, 0) is 11.3 Å². The van der Waals surface area contributed by atoms with Crippen LogP contribution < -0.4 is 10.9 Å². The molecule has 156 valence electrons. The first-order chi connectivity index (χ1) is 14.8. The molecule has 2 aromatic heterocycles. The van der Waals surface area contributed by atoms with Gasteiger partial charge in [-0.3, -0.25) is 24.4 Å². The van der Waals surface area contributed by atoms with Gasteiger partial charge in [-0.25, -0.2) is 4.39 Å². The van der Waals surface area contributed by atoms with Crippen molar-refractivity contribution in [1.29, 1.82) is 0 Å². The maximum Gasteiger partial charge on any atom is 0.322 e. The second kappa shape index (κ2) is 7.82. The number of carbonyl (C=O) groups is 2. The second-order valence-corrected chi connectivity index (χ2v) is 6.73. The molecule has 4 aromatic rings. The zero-order chi connectivity index (χ0) is 22.1. The van der Waals surface area contributed by atoms with Gasteiger partial charge in [0, 0.05) is 17.8 Å². The van der Waals surface area contributed by atoms with Crippen LogP contribution in [0.2, 0.25) is 0 Å². The van der Waals surface area contributed by atoms with Crippen LogP contribution in [0.25, 0.3) is 21.9 Å². The van der Waals surface area contributed by atoms with E-state index in [1.54, 1.807) is 24.4 Å². The molecule has 0 fully saturated rings. The first-order valence-corrected chi connectivity index (χ1v) is 9.10. The third kappa shape index (κ3) is 3.78. The predicted molar refractivity (Wildman–Crippen MR) is 108 cm³/mol. The van der Waals surface area contributed by atoms with Gasteiger partial charge in [0.25, 0.3) is 11.5 Å². The number of carbonyl (C=O) groups excluding carboxylic acids is 1. The topological polar surface area (TPSA) is 134 Å². The SMILES string of the molecule is O=C(O)CNC(=O)c1c(O)c2cc(F)ccc2n(Cc2ccc3nccnc3c2)c1=O. The van der Waals surface area contributed by atoms with Crippen molar-refractivity contribution in [1.82, 2.24) is 19.9 Å². The van der Waals surface area contributed by atoms with Crippen molar-refractivity contribution in [3.05, 3.63) is 76.1 Å². The normalized spacial score (nSPS) is 11.0. The molecule has 0 radical (unpaired) electrons. The molecule has 0 spiro atoms. The van der Waals surface area contributed by atoms with Gasteiger partial charge in [0.05, 0.1) is 23.1 Å². The number of aromatic hydroxyl groups is 1. The smallest absolute Gasteiger partial charge is 0.322 e. The van der Waals surface area contributed by atoms with E-state index in [2.05, 4.69) is 15.3 Å². The van der Waals surface area contributed by atoms with Crippen molar-refractivity contribution in [2.24, 2.45) is 0 Å². The monoisotopic (exact) mass is 422 g/mol. The molecular weight excluding hydrogens is 407 g/mol. The molecule has 0 bridgehead atoms. The van der Waals surface area contributed by atoms with Gasteiger partial charge in [-0.15, -0.1) is 0 Å². The number of carboxylic acid groups (broad SMARTS) is 1. The van der Waals surface area contributed by atoms with Gasteiger partial charge in [0.1, 0.15) is 23.7 Å². The summed E-state index contributed by atoms with van der Waals surface area (Å²) in [4.78, 5) is 44.7. The van der Waals surface area contributed by atoms with Gasteiger partial charge in [-0.05, 0) is 35.9 Å². The lowest BCUT2D eigenvalue weighted by atomic mass is 10.1. The summed E-state index contributed by atoms with van der Waals surface area (Å²) >= 11 is 0. The maximum absolute atomic E-state index is 13.8. The number of benzene rings is 2. The number of halogens is 1. The lowest BCUT2D eigenvalue weighted by Gasteiger charge is -2.15. The lowest BCUT2D eigenvalue weighted by molar-refractivity contribution is -0.135. The van der Waals surface area contributed by atoms with E-state index in [9.17, 15) is 23.9 Å². The summed E-state index contributed by atoms with van der Waals surface area (Å²) in [6, 6.07) is 8.64. The molecule has 1 amide bonds. The van der Waals surface area contributed by atoms with E-state index in [1.807, 2.05) is 0 Å². The Labute approximate surface area is 173 Å². The molecule has 0 atom stereocenters. The molecule has 0 aliphatic rings. The van der Waals surface area contributed by atoms with E-state index in [0.29, 0.717) is 16.6 Å². The molecule has 0 aliphatic heterocycles. The van der Waals surface area contributed by atoms with E-state index in [0.717, 1.165) is 12.1 Å². The van der Waals surface area contributed by atoms with Crippen LogP contribution >= 0.6 is 0 Å². The molecule has 9 nitrogen and oxygen atoms in total. The van der Waals surface area contributed by atoms with Gasteiger partial charge in [0.2, 0.25) is 0 Å². The fraction of sp³-hybridized carbons (Fsp3) is 0.0952. The molecule has 4 rings (SSSR count). The summed E-state index contributed by atoms with van der Waals surface area (Å²) < 4.78 is 15.1. The predicted octanol–water partition coefficient (Wildman–Crippen LogP) is 1.65. The first kappa shape index (κ1) is 20.0. The highest BCUT2D eigenvalue weighted by molar-refractivity contribution is 6.03. The molecule has 31 heavy (non-hydrogen) atoms. The number of nitrogens with zero attached hydrogens (tertiary/aromatic N) is 3. The highest BCUT2D eigenvalue weighted by Crippen LogP contribution is 2.28. The summed E-state index contributed by atoms with van der Waals surface area (Å²) in [5.41, 5.74) is 0.603. The molecule has 0 saturated heterocycles. The largest absolute Gasteiger partial charge is 0.506 e. The minimum absolute atomic E-state index is 0.00697. The molecule has 2 heterocycles. The minimum Gasteiger partial charge on any atom is -0.506 e. The van der Waals surface area contributed by atoms with E-state index in [4.69, 9.17) is 5.11 Å². The maximum atomic E-state index is 13.8. The molecule has 3 N–H and O–H groups in total. The van der Waals surface area contributed by atoms with Crippen molar-refractivity contribution in [2.75, 3.05) is 6.54 Å². The van der Waals surface area contributed by atoms with E-state index in [-0.39, 0.29) is 17.4 Å². The number of pyridine rings is 1. The lowest BCUT2D eigenvalue weighted by Crippen LogP contribution is -2.36. The third-order valence-corrected chi connectivity index (χ3v) is 4.70. The minimum atomic E-state index is -1.32. The van der Waals surface area contributed by atoms with E-state index < -0.39 is 41.1 Å². The van der Waals surface area contributed by atoms with Crippen molar-refractivity contribution in [3.63, 3.8) is 0 Å². The van der Waals surface area contributed by atoms with Crippen LogP contribution in [0.5, 0.6) is 5.75 Å². The zero-order valence-corrected chi connectivity index (χ0v) is 15.9. The third-order valence-electron chi connectivity index (χ3n) is 4.70. The molecule has 2 aromatic carbocycles. The van der Waals surface area contributed by atoms with Gasteiger partial charge < -0.3 is 20.1 Å². The van der Waals surface area contributed by atoms with Crippen molar-refractivity contribution >= 4 is 33.8 Å². The number of carboxylic acids is 1. The Hall–Kier alpha value is -4.34. The molecule has 10 heteroatoms. The number of amides is 1. The number of aliphatic carboxylic acids is 1. The van der Waals surface area contributed by atoms with E-state index in [1.165, 1.54) is 16.8 Å². The van der Waals surface area contributed by atoms with Crippen LogP contribution in [0.15, 0.2) is 53.6 Å². The van der Waals surface area contributed by atoms with Crippen LogP contribution in [0.1, 0.15) is 15.9 Å². The average molecular weight is 422 g/mol. The number of hydrogen-bond donors (Lipinski definition) is 3. The summed E-state index contributed by atoms with van der Waals surface area (Å²) in [7, 11) is 0. The highest BCUT2D eigenvalue weighted by atomic mass is 19.1. The van der Waals surface area contributed by atoms with Crippen LogP contribution in [0, 0.1) is 5.82 Å². The molecule has 0 unspecified atom stereocenters. The molecular formula is C21H15FN4O5. The Morgan fingerprint density at radius 1 is 1.06 bits per heavy atom. The zero-order valence-electron chi connectivity index (χ0n) is 15.9. The molecule has 0 aliphatic carbocycles. The van der Waals surface area contributed by atoms with Gasteiger partial charge >= 0.3 is 5.97 Å². The number of rotatable bonds is 5. The van der Waals surface area contributed by atoms with Crippen molar-refractivity contribution < 1.29 is 24.2 Å². The van der Waals surface area contributed by atoms with Crippen molar-refractivity contribution in [2.45, 2.75) is 6.54 Å². The van der Waals surface area contributed by atoms with Crippen molar-refractivity contribution in [3.8, 4) is 5.75 Å². The Kier molecular flexibility index (Phi) is 5.04. The fourth-order valence-electron chi connectivity index (χ4n) is 3.31. The quantitative estimate of drug-likeness (QED) is 0.445. The Morgan fingerprint density at radius 3 is 2.55 bits per heavy atom. The Morgan fingerprint density at radius 2 is 1.81 bits per heavy atom. The van der Waals surface area contributed by atoms with Gasteiger partial charge in [-0.1, -0.05) is 6.07 Å². The highest BCUT2D eigenvalue weighted by Gasteiger charge is 2.23. The van der Waals surface area contributed by atoms with Gasteiger partial charge in [-0.2, -0.15) is 0 Å². The summed E-state index contributed by atoms with van der Waals surface area (Å²) in [6.45, 7) is -0.755. The van der Waals surface area contributed by atoms with Gasteiger partial charge in [0.15, 0.2) is 0 Å². The number of fused-ring (bicyclic) bond motifs is 2. The number of nitrogens with one attached hydrogen (secondary N) is 1.